The predicted molar refractivity (Wildman–Crippen MR) is 49.6 cm³/mol. The number of hydrogen-bond donors (Lipinski definition) is 0. The van der Waals surface area contributed by atoms with Crippen LogP contribution in [-0.2, 0) is 14.8 Å². The van der Waals surface area contributed by atoms with Gasteiger partial charge in [-0.15, -0.1) is 0 Å². The van der Waals surface area contributed by atoms with Crippen molar-refractivity contribution in [3.63, 3.8) is 0 Å². The summed E-state index contributed by atoms with van der Waals surface area (Å²) in [5.41, 5.74) is 0. The molecule has 6 heteroatoms. The van der Waals surface area contributed by atoms with Crippen LogP contribution >= 0.6 is 0 Å². The van der Waals surface area contributed by atoms with Crippen molar-refractivity contribution < 1.29 is 17.9 Å². The Morgan fingerprint density at radius 2 is 2.14 bits per heavy atom. The second-order valence-electron chi connectivity index (χ2n) is 2.35. The van der Waals surface area contributed by atoms with E-state index in [-0.39, 0.29) is 17.1 Å². The van der Waals surface area contributed by atoms with E-state index in [1.807, 2.05) is 0 Å². The van der Waals surface area contributed by atoms with E-state index in [9.17, 15) is 13.2 Å². The number of benzene rings is 1. The van der Waals surface area contributed by atoms with E-state index < -0.39 is 10.0 Å². The Bertz CT molecular complexity index is 427. The van der Waals surface area contributed by atoms with Gasteiger partial charge in [-0.2, -0.15) is 7.05 Å². The van der Waals surface area contributed by atoms with E-state index in [0.717, 1.165) is 0 Å². The van der Waals surface area contributed by atoms with Gasteiger partial charge >= 0.3 is 0 Å². The van der Waals surface area contributed by atoms with Gasteiger partial charge in [-0.1, -0.05) is 6.07 Å². The maximum atomic E-state index is 11.2. The zero-order valence-corrected chi connectivity index (χ0v) is 8.19. The fourth-order valence-electron chi connectivity index (χ4n) is 0.869. The average Bonchev–Trinajstić information content (AvgIpc) is 2.19. The van der Waals surface area contributed by atoms with Crippen molar-refractivity contribution in [2.45, 2.75) is 4.90 Å². The topological polar surface area (TPSA) is 74.5 Å². The number of ether oxygens (including phenoxy) is 1. The summed E-state index contributed by atoms with van der Waals surface area (Å²) in [4.78, 5) is 10.0. The molecule has 14 heavy (non-hydrogen) atoms. The summed E-state index contributed by atoms with van der Waals surface area (Å²) < 4.78 is 30.2. The second-order valence-corrected chi connectivity index (χ2v) is 4.13. The van der Waals surface area contributed by atoms with Crippen LogP contribution in [0.5, 0.6) is 5.75 Å². The Balaban J connectivity index is 3.12. The first-order valence-corrected chi connectivity index (χ1v) is 5.10. The molecular formula is C8H8NO4S-. The van der Waals surface area contributed by atoms with E-state index in [1.54, 1.807) is 0 Å². The Hall–Kier alpha value is -1.40. The van der Waals surface area contributed by atoms with Crippen molar-refractivity contribution >= 4 is 16.5 Å². The van der Waals surface area contributed by atoms with E-state index in [0.29, 0.717) is 0 Å². The smallest absolute Gasteiger partial charge is 0.298 e. The lowest BCUT2D eigenvalue weighted by Crippen LogP contribution is -1.98. The normalized spacial score (nSPS) is 10.9. The number of carbonyl (C=O) groups is 1. The molecule has 0 heterocycles. The van der Waals surface area contributed by atoms with Crippen molar-refractivity contribution in [3.05, 3.63) is 29.0 Å². The molecule has 5 nitrogen and oxygen atoms in total. The van der Waals surface area contributed by atoms with Crippen LogP contribution in [0.3, 0.4) is 0 Å². The van der Waals surface area contributed by atoms with Gasteiger partial charge < -0.3 is 9.46 Å². The lowest BCUT2D eigenvalue weighted by atomic mass is 10.3. The highest BCUT2D eigenvalue weighted by molar-refractivity contribution is 7.94. The molecule has 0 fully saturated rings. The highest BCUT2D eigenvalue weighted by atomic mass is 32.2. The first kappa shape index (κ1) is 10.7. The summed E-state index contributed by atoms with van der Waals surface area (Å²) in [7, 11) is -2.43. The van der Waals surface area contributed by atoms with Gasteiger partial charge in [-0.3, -0.25) is 4.79 Å². The van der Waals surface area contributed by atoms with Gasteiger partial charge in [0.1, 0.15) is 15.8 Å². The highest BCUT2D eigenvalue weighted by Gasteiger charge is 2.03. The molecular weight excluding hydrogens is 206 g/mol. The van der Waals surface area contributed by atoms with Crippen LogP contribution < -0.4 is 4.74 Å². The molecule has 0 radical (unpaired) electrons. The Labute approximate surface area is 81.7 Å². The number of rotatable bonds is 4. The van der Waals surface area contributed by atoms with E-state index >= 15 is 0 Å². The largest absolute Gasteiger partial charge is 0.547 e. The number of sulfonamides is 1. The molecule has 0 aliphatic rings. The third kappa shape index (κ3) is 2.30. The van der Waals surface area contributed by atoms with Gasteiger partial charge in [0.25, 0.3) is 6.47 Å². The predicted octanol–water partition coefficient (Wildman–Crippen LogP) is 0.914. The lowest BCUT2D eigenvalue weighted by molar-refractivity contribution is -0.120. The monoisotopic (exact) mass is 214 g/mol. The summed E-state index contributed by atoms with van der Waals surface area (Å²) in [6.45, 7) is 0.231. The third-order valence-corrected chi connectivity index (χ3v) is 2.86. The maximum absolute atomic E-state index is 11.2. The van der Waals surface area contributed by atoms with Crippen molar-refractivity contribution in [1.82, 2.24) is 0 Å². The van der Waals surface area contributed by atoms with Gasteiger partial charge in [-0.25, -0.2) is 8.42 Å². The molecule has 0 saturated heterocycles. The summed E-state index contributed by atoms with van der Waals surface area (Å²) in [5, 5.41) is 0. The minimum atomic E-state index is -3.61. The maximum Gasteiger partial charge on any atom is 0.298 e. The molecule has 0 atom stereocenters. The molecule has 0 amide bonds. The van der Waals surface area contributed by atoms with Crippen LogP contribution in [0.4, 0.5) is 0 Å². The standard InChI is InChI=1S/C8H8NO4S/c1-9-14(11,12)8-4-2-3-7(5-8)13-6-10/h2-6H,1H3/q-1. The van der Waals surface area contributed by atoms with Crippen LogP contribution in [0.2, 0.25) is 0 Å². The number of hydrogen-bond acceptors (Lipinski definition) is 4. The Morgan fingerprint density at radius 1 is 1.43 bits per heavy atom. The Morgan fingerprint density at radius 3 is 2.71 bits per heavy atom. The first-order chi connectivity index (χ1) is 6.60. The minimum Gasteiger partial charge on any atom is -0.547 e. The summed E-state index contributed by atoms with van der Waals surface area (Å²) in [5.74, 6) is 0.171. The zero-order chi connectivity index (χ0) is 10.6. The number of carbonyl (C=O) groups excluding carboxylic acids is 1. The molecule has 1 aromatic rings. The lowest BCUT2D eigenvalue weighted by Gasteiger charge is -2.13. The minimum absolute atomic E-state index is 0.000602. The van der Waals surface area contributed by atoms with E-state index in [4.69, 9.17) is 0 Å². The second kappa shape index (κ2) is 4.21. The van der Waals surface area contributed by atoms with Gasteiger partial charge in [0.15, 0.2) is 0 Å². The molecule has 0 bridgehead atoms. The molecule has 1 rings (SSSR count). The first-order valence-electron chi connectivity index (χ1n) is 3.66. The molecule has 0 saturated carbocycles. The van der Waals surface area contributed by atoms with Crippen LogP contribution in [0, 0.1) is 0 Å². The van der Waals surface area contributed by atoms with Crippen molar-refractivity contribution in [1.29, 1.82) is 0 Å². The highest BCUT2D eigenvalue weighted by Crippen LogP contribution is 2.20. The fourth-order valence-corrected chi connectivity index (χ4v) is 1.60. The van der Waals surface area contributed by atoms with Gasteiger partial charge in [0.05, 0.1) is 4.90 Å². The molecule has 0 aliphatic heterocycles. The molecule has 0 spiro atoms. The van der Waals surface area contributed by atoms with Crippen LogP contribution in [-0.4, -0.2) is 21.9 Å². The van der Waals surface area contributed by atoms with Crippen LogP contribution in [0.25, 0.3) is 4.72 Å². The van der Waals surface area contributed by atoms with Gasteiger partial charge in [-0.05, 0) is 18.2 Å². The van der Waals surface area contributed by atoms with E-state index in [1.165, 1.54) is 31.3 Å². The average molecular weight is 214 g/mol. The molecule has 0 unspecified atom stereocenters. The molecule has 0 N–H and O–H groups in total. The SMILES string of the molecule is C[N-]S(=O)(=O)c1cccc(OC=O)c1. The summed E-state index contributed by atoms with van der Waals surface area (Å²) in [6.07, 6.45) is 0. The fraction of sp³-hybridized carbons (Fsp3) is 0.125. The van der Waals surface area contributed by atoms with Crippen molar-refractivity contribution in [2.24, 2.45) is 0 Å². The van der Waals surface area contributed by atoms with Gasteiger partial charge in [0.2, 0.25) is 0 Å². The quantitative estimate of drug-likeness (QED) is 0.698. The molecule has 0 aromatic heterocycles. The van der Waals surface area contributed by atoms with Gasteiger partial charge in [0, 0.05) is 0 Å². The van der Waals surface area contributed by atoms with E-state index in [2.05, 4.69) is 9.46 Å². The van der Waals surface area contributed by atoms with Crippen molar-refractivity contribution in [2.75, 3.05) is 7.05 Å². The number of nitrogens with zero attached hydrogens (tertiary/aromatic N) is 1. The summed E-state index contributed by atoms with van der Waals surface area (Å²) in [6, 6.07) is 5.55. The van der Waals surface area contributed by atoms with Crippen molar-refractivity contribution in [3.8, 4) is 5.75 Å². The zero-order valence-electron chi connectivity index (χ0n) is 7.38. The molecule has 0 aliphatic carbocycles. The third-order valence-electron chi connectivity index (χ3n) is 1.53. The van der Waals surface area contributed by atoms with Crippen LogP contribution in [0.1, 0.15) is 0 Å². The van der Waals surface area contributed by atoms with Crippen LogP contribution in [0.15, 0.2) is 29.2 Å². The summed E-state index contributed by atoms with van der Waals surface area (Å²) >= 11 is 0. The molecule has 76 valence electrons. The molecule has 1 aromatic carbocycles. The Kier molecular flexibility index (Phi) is 3.21.